The van der Waals surface area contributed by atoms with Crippen LogP contribution in [0.3, 0.4) is 0 Å². The van der Waals surface area contributed by atoms with Crippen molar-refractivity contribution in [2.45, 2.75) is 36.8 Å². The van der Waals surface area contributed by atoms with E-state index in [4.69, 9.17) is 0 Å². The van der Waals surface area contributed by atoms with Crippen molar-refractivity contribution < 1.29 is 9.50 Å². The fourth-order valence-electron chi connectivity index (χ4n) is 1.91. The number of aryl methyl sites for hydroxylation is 2. The van der Waals surface area contributed by atoms with Crippen LogP contribution in [-0.4, -0.2) is 10.1 Å². The van der Waals surface area contributed by atoms with E-state index in [0.717, 1.165) is 21.2 Å². The molecule has 0 amide bonds. The minimum absolute atomic E-state index is 0.339. The molecule has 1 aromatic heterocycles. The number of pyridine rings is 1. The molecule has 0 saturated carbocycles. The third-order valence-electron chi connectivity index (χ3n) is 2.71. The fourth-order valence-corrected chi connectivity index (χ4v) is 3.05. The first kappa shape index (κ1) is 14.0. The van der Waals surface area contributed by atoms with Gasteiger partial charge in [0.2, 0.25) is 0 Å². The molecule has 0 saturated heterocycles. The van der Waals surface area contributed by atoms with E-state index in [9.17, 15) is 9.50 Å². The van der Waals surface area contributed by atoms with Gasteiger partial charge in [0.05, 0.1) is 6.10 Å². The van der Waals surface area contributed by atoms with E-state index in [1.165, 1.54) is 23.9 Å². The van der Waals surface area contributed by atoms with E-state index in [2.05, 4.69) is 4.98 Å². The van der Waals surface area contributed by atoms with Gasteiger partial charge in [-0.15, -0.1) is 0 Å². The molecule has 0 aliphatic rings. The van der Waals surface area contributed by atoms with Crippen LogP contribution in [-0.2, 0) is 0 Å². The molecule has 0 spiro atoms. The normalized spacial score (nSPS) is 12.5. The molecule has 2 nitrogen and oxygen atoms in total. The summed E-state index contributed by atoms with van der Waals surface area (Å²) in [6.07, 6.45) is -0.705. The summed E-state index contributed by atoms with van der Waals surface area (Å²) in [6, 6.07) is 8.44. The summed E-state index contributed by atoms with van der Waals surface area (Å²) in [5, 5.41) is 10.6. The Hall–Kier alpha value is -1.39. The maximum atomic E-state index is 13.2. The first-order valence-electron chi connectivity index (χ1n) is 6.06. The molecule has 0 aliphatic carbocycles. The highest BCUT2D eigenvalue weighted by molar-refractivity contribution is 7.99. The number of hydrogen-bond donors (Lipinski definition) is 1. The SMILES string of the molecule is Cc1cc(C)nc(Sc2ccc(F)cc2[C@H](C)O)c1. The summed E-state index contributed by atoms with van der Waals surface area (Å²) >= 11 is 1.44. The summed E-state index contributed by atoms with van der Waals surface area (Å²) in [5.41, 5.74) is 2.67. The van der Waals surface area contributed by atoms with E-state index in [1.54, 1.807) is 13.0 Å². The topological polar surface area (TPSA) is 33.1 Å². The van der Waals surface area contributed by atoms with E-state index < -0.39 is 6.10 Å². The van der Waals surface area contributed by atoms with Crippen LogP contribution in [0.1, 0.15) is 29.8 Å². The first-order chi connectivity index (χ1) is 8.95. The van der Waals surface area contributed by atoms with Crippen LogP contribution in [0.15, 0.2) is 40.3 Å². The Morgan fingerprint density at radius 2 is 1.95 bits per heavy atom. The molecule has 0 aliphatic heterocycles. The van der Waals surface area contributed by atoms with Crippen LogP contribution in [0.5, 0.6) is 0 Å². The predicted octanol–water partition coefficient (Wildman–Crippen LogP) is 4.04. The van der Waals surface area contributed by atoms with Crippen LogP contribution >= 0.6 is 11.8 Å². The van der Waals surface area contributed by atoms with Gasteiger partial charge in [-0.25, -0.2) is 9.37 Å². The second-order valence-corrected chi connectivity index (χ2v) is 5.65. The van der Waals surface area contributed by atoms with Gasteiger partial charge in [-0.2, -0.15) is 0 Å². The lowest BCUT2D eigenvalue weighted by molar-refractivity contribution is 0.196. The zero-order valence-corrected chi connectivity index (χ0v) is 12.0. The number of benzene rings is 1. The molecule has 0 radical (unpaired) electrons. The zero-order chi connectivity index (χ0) is 14.0. The lowest BCUT2D eigenvalue weighted by Gasteiger charge is -2.12. The van der Waals surface area contributed by atoms with Crippen LogP contribution in [0.4, 0.5) is 4.39 Å². The number of aliphatic hydroxyl groups excluding tert-OH is 1. The van der Waals surface area contributed by atoms with E-state index in [-0.39, 0.29) is 5.82 Å². The monoisotopic (exact) mass is 277 g/mol. The number of rotatable bonds is 3. The Morgan fingerprint density at radius 3 is 2.58 bits per heavy atom. The zero-order valence-electron chi connectivity index (χ0n) is 11.1. The molecular weight excluding hydrogens is 261 g/mol. The minimum Gasteiger partial charge on any atom is -0.389 e. The van der Waals surface area contributed by atoms with Crippen molar-refractivity contribution in [2.24, 2.45) is 0 Å². The van der Waals surface area contributed by atoms with Gasteiger partial charge in [0.25, 0.3) is 0 Å². The average Bonchev–Trinajstić information content (AvgIpc) is 2.30. The molecule has 19 heavy (non-hydrogen) atoms. The van der Waals surface area contributed by atoms with Crippen molar-refractivity contribution in [3.63, 3.8) is 0 Å². The Balaban J connectivity index is 2.37. The van der Waals surface area contributed by atoms with Crippen molar-refractivity contribution in [1.29, 1.82) is 0 Å². The highest BCUT2D eigenvalue weighted by Crippen LogP contribution is 2.33. The molecule has 1 atom stereocenters. The van der Waals surface area contributed by atoms with Crippen LogP contribution < -0.4 is 0 Å². The fraction of sp³-hybridized carbons (Fsp3) is 0.267. The Labute approximate surface area is 116 Å². The van der Waals surface area contributed by atoms with Gasteiger partial charge in [0.15, 0.2) is 0 Å². The van der Waals surface area contributed by atoms with E-state index in [1.807, 2.05) is 26.0 Å². The molecule has 0 fully saturated rings. The lowest BCUT2D eigenvalue weighted by Crippen LogP contribution is -1.96. The van der Waals surface area contributed by atoms with Crippen molar-refractivity contribution in [3.8, 4) is 0 Å². The first-order valence-corrected chi connectivity index (χ1v) is 6.88. The van der Waals surface area contributed by atoms with Crippen molar-refractivity contribution in [2.75, 3.05) is 0 Å². The van der Waals surface area contributed by atoms with Crippen LogP contribution in [0.25, 0.3) is 0 Å². The van der Waals surface area contributed by atoms with Gasteiger partial charge in [-0.05, 0) is 62.2 Å². The second kappa shape index (κ2) is 5.72. The number of hydrogen-bond acceptors (Lipinski definition) is 3. The number of aromatic nitrogens is 1. The average molecular weight is 277 g/mol. The molecule has 2 aromatic rings. The van der Waals surface area contributed by atoms with E-state index in [0.29, 0.717) is 5.56 Å². The summed E-state index contributed by atoms with van der Waals surface area (Å²) in [4.78, 5) is 5.27. The van der Waals surface area contributed by atoms with Crippen molar-refractivity contribution in [1.82, 2.24) is 4.98 Å². The largest absolute Gasteiger partial charge is 0.389 e. The number of nitrogens with zero attached hydrogens (tertiary/aromatic N) is 1. The highest BCUT2D eigenvalue weighted by atomic mass is 32.2. The van der Waals surface area contributed by atoms with Gasteiger partial charge in [-0.3, -0.25) is 0 Å². The molecule has 0 unspecified atom stereocenters. The van der Waals surface area contributed by atoms with Gasteiger partial charge in [-0.1, -0.05) is 11.8 Å². The molecular formula is C15H16FNOS. The Kier molecular flexibility index (Phi) is 4.22. The summed E-state index contributed by atoms with van der Waals surface area (Å²) in [5.74, 6) is -0.339. The Morgan fingerprint density at radius 1 is 1.21 bits per heavy atom. The smallest absolute Gasteiger partial charge is 0.123 e. The molecule has 1 aromatic carbocycles. The molecule has 4 heteroatoms. The van der Waals surface area contributed by atoms with Gasteiger partial charge in [0.1, 0.15) is 10.8 Å². The summed E-state index contributed by atoms with van der Waals surface area (Å²) in [6.45, 7) is 5.59. The highest BCUT2D eigenvalue weighted by Gasteiger charge is 2.11. The second-order valence-electron chi connectivity index (χ2n) is 4.58. The molecule has 100 valence electrons. The van der Waals surface area contributed by atoms with E-state index >= 15 is 0 Å². The number of aliphatic hydroxyl groups is 1. The molecule has 2 rings (SSSR count). The summed E-state index contributed by atoms with van der Waals surface area (Å²) < 4.78 is 13.2. The van der Waals surface area contributed by atoms with Gasteiger partial charge < -0.3 is 5.11 Å². The van der Waals surface area contributed by atoms with Gasteiger partial charge in [0, 0.05) is 10.6 Å². The standard InChI is InChI=1S/C15H16FNOS/c1-9-6-10(2)17-15(7-9)19-14-5-4-12(16)8-13(14)11(3)18/h4-8,11,18H,1-3H3/t11-/m0/s1. The molecule has 1 N–H and O–H groups in total. The predicted molar refractivity (Wildman–Crippen MR) is 74.9 cm³/mol. The van der Waals surface area contributed by atoms with Crippen molar-refractivity contribution >= 4 is 11.8 Å². The molecule has 0 bridgehead atoms. The summed E-state index contributed by atoms with van der Waals surface area (Å²) in [7, 11) is 0. The third-order valence-corrected chi connectivity index (χ3v) is 3.72. The third kappa shape index (κ3) is 3.55. The lowest BCUT2D eigenvalue weighted by atomic mass is 10.1. The maximum absolute atomic E-state index is 13.2. The van der Waals surface area contributed by atoms with Crippen LogP contribution in [0.2, 0.25) is 0 Å². The minimum atomic E-state index is -0.705. The van der Waals surface area contributed by atoms with Crippen LogP contribution in [0, 0.1) is 19.7 Å². The quantitative estimate of drug-likeness (QED) is 0.919. The van der Waals surface area contributed by atoms with Gasteiger partial charge >= 0.3 is 0 Å². The Bertz CT molecular complexity index is 578. The maximum Gasteiger partial charge on any atom is 0.123 e. The van der Waals surface area contributed by atoms with Crippen molar-refractivity contribution in [3.05, 3.63) is 53.0 Å². The molecule has 1 heterocycles. The number of halogens is 1.